The summed E-state index contributed by atoms with van der Waals surface area (Å²) in [5.74, 6) is 1.90. The highest BCUT2D eigenvalue weighted by atomic mass is 35.5. The summed E-state index contributed by atoms with van der Waals surface area (Å²) in [6, 6.07) is 9.02. The van der Waals surface area contributed by atoms with Gasteiger partial charge in [0.25, 0.3) is 0 Å². The van der Waals surface area contributed by atoms with Crippen molar-refractivity contribution in [3.8, 4) is 5.75 Å². The van der Waals surface area contributed by atoms with Gasteiger partial charge in [0.15, 0.2) is 5.82 Å². The Kier molecular flexibility index (Phi) is 5.33. The lowest BCUT2D eigenvalue weighted by Crippen LogP contribution is -2.46. The van der Waals surface area contributed by atoms with Crippen LogP contribution < -0.4 is 10.1 Å². The summed E-state index contributed by atoms with van der Waals surface area (Å²) in [6.45, 7) is 3.64. The van der Waals surface area contributed by atoms with E-state index in [1.54, 1.807) is 7.11 Å². The van der Waals surface area contributed by atoms with Crippen LogP contribution in [0.15, 0.2) is 24.3 Å². The molecule has 2 fully saturated rings. The number of hydrogen-bond donors (Lipinski definition) is 1. The molecule has 0 amide bonds. The van der Waals surface area contributed by atoms with E-state index in [9.17, 15) is 0 Å². The fourth-order valence-corrected chi connectivity index (χ4v) is 3.28. The molecule has 7 nitrogen and oxygen atoms in total. The second-order valence-electron chi connectivity index (χ2n) is 6.20. The molecule has 130 valence electrons. The molecule has 1 aliphatic carbocycles. The molecule has 0 bridgehead atoms. The Morgan fingerprint density at radius 1 is 1.29 bits per heavy atom. The fourth-order valence-electron chi connectivity index (χ4n) is 3.28. The second-order valence-corrected chi connectivity index (χ2v) is 6.20. The Morgan fingerprint density at radius 3 is 2.92 bits per heavy atom. The van der Waals surface area contributed by atoms with E-state index in [1.165, 1.54) is 18.4 Å². The maximum atomic E-state index is 5.55. The average Bonchev–Trinajstić information content (AvgIpc) is 3.35. The smallest absolute Gasteiger partial charge is 0.165 e. The third-order valence-electron chi connectivity index (χ3n) is 4.65. The number of nitrogens with one attached hydrogen (secondary N) is 1. The van der Waals surface area contributed by atoms with Crippen LogP contribution in [0.5, 0.6) is 5.75 Å². The Hall–Kier alpha value is -1.70. The zero-order valence-electron chi connectivity index (χ0n) is 13.8. The molecule has 1 saturated heterocycles. The normalized spacial score (nSPS) is 21.3. The monoisotopic (exact) mass is 350 g/mol. The van der Waals surface area contributed by atoms with Crippen molar-refractivity contribution in [2.24, 2.45) is 0 Å². The fraction of sp³-hybridized carbons (Fsp3) is 0.562. The number of rotatable bonds is 5. The van der Waals surface area contributed by atoms with Gasteiger partial charge in [0, 0.05) is 25.2 Å². The van der Waals surface area contributed by atoms with Crippen LogP contribution in [0.2, 0.25) is 0 Å². The summed E-state index contributed by atoms with van der Waals surface area (Å²) in [5.41, 5.74) is 1.22. The molecule has 0 spiro atoms. The summed E-state index contributed by atoms with van der Waals surface area (Å²) in [4.78, 5) is 2.44. The minimum absolute atomic E-state index is 0. The first-order chi connectivity index (χ1) is 11.4. The van der Waals surface area contributed by atoms with Gasteiger partial charge in [-0.1, -0.05) is 18.2 Å². The Labute approximate surface area is 147 Å². The van der Waals surface area contributed by atoms with Gasteiger partial charge in [0.2, 0.25) is 0 Å². The average molecular weight is 351 g/mol. The highest BCUT2D eigenvalue weighted by Crippen LogP contribution is 2.35. The van der Waals surface area contributed by atoms with Crippen molar-refractivity contribution in [3.05, 3.63) is 35.7 Å². The van der Waals surface area contributed by atoms with E-state index < -0.39 is 0 Å². The predicted octanol–water partition coefficient (Wildman–Crippen LogP) is 1.58. The molecule has 0 radical (unpaired) electrons. The molecule has 1 aromatic heterocycles. The van der Waals surface area contributed by atoms with Gasteiger partial charge in [-0.15, -0.1) is 17.5 Å². The molecule has 4 rings (SSSR count). The lowest BCUT2D eigenvalue weighted by Gasteiger charge is -2.36. The summed E-state index contributed by atoms with van der Waals surface area (Å²) >= 11 is 0. The lowest BCUT2D eigenvalue weighted by atomic mass is 10.0. The standard InChI is InChI=1S/C16H22N6O.ClH/c1-23-15-5-3-2-4-13(15)14-10-17-8-9-21(14)11-16-18-19-20-22(16)12-6-7-12;/h2-5,12,14,17H,6-11H2,1H3;1H. The van der Waals surface area contributed by atoms with E-state index in [-0.39, 0.29) is 18.4 Å². The molecule has 1 N–H and O–H groups in total. The van der Waals surface area contributed by atoms with E-state index in [1.807, 2.05) is 16.8 Å². The number of halogens is 1. The number of ether oxygens (including phenoxy) is 1. The van der Waals surface area contributed by atoms with Gasteiger partial charge in [-0.05, 0) is 29.3 Å². The molecule has 24 heavy (non-hydrogen) atoms. The van der Waals surface area contributed by atoms with Crippen molar-refractivity contribution in [2.45, 2.75) is 31.5 Å². The quantitative estimate of drug-likeness (QED) is 0.883. The van der Waals surface area contributed by atoms with Crippen LogP contribution in [0.3, 0.4) is 0 Å². The van der Waals surface area contributed by atoms with Gasteiger partial charge in [-0.25, -0.2) is 4.68 Å². The number of benzene rings is 1. The van der Waals surface area contributed by atoms with Gasteiger partial charge < -0.3 is 10.1 Å². The summed E-state index contributed by atoms with van der Waals surface area (Å²) in [6.07, 6.45) is 2.38. The van der Waals surface area contributed by atoms with Gasteiger partial charge in [0.1, 0.15) is 5.75 Å². The maximum Gasteiger partial charge on any atom is 0.165 e. The highest BCUT2D eigenvalue weighted by Gasteiger charge is 2.31. The van der Waals surface area contributed by atoms with Gasteiger partial charge >= 0.3 is 0 Å². The Balaban J connectivity index is 0.00000169. The predicted molar refractivity (Wildman–Crippen MR) is 92.4 cm³/mol. The highest BCUT2D eigenvalue weighted by molar-refractivity contribution is 5.85. The topological polar surface area (TPSA) is 68.1 Å². The van der Waals surface area contributed by atoms with Crippen LogP contribution in [0.25, 0.3) is 0 Å². The molecular formula is C16H23ClN6O. The van der Waals surface area contributed by atoms with Crippen molar-refractivity contribution in [1.29, 1.82) is 0 Å². The number of tetrazole rings is 1. The van der Waals surface area contributed by atoms with E-state index in [0.717, 1.165) is 37.8 Å². The molecule has 2 aromatic rings. The van der Waals surface area contributed by atoms with Gasteiger partial charge in [-0.3, -0.25) is 4.90 Å². The first-order valence-electron chi connectivity index (χ1n) is 8.21. The molecule has 8 heteroatoms. The third kappa shape index (κ3) is 3.38. The van der Waals surface area contributed by atoms with Gasteiger partial charge in [0.05, 0.1) is 25.7 Å². The van der Waals surface area contributed by atoms with Crippen LogP contribution in [0.1, 0.15) is 36.3 Å². The van der Waals surface area contributed by atoms with E-state index >= 15 is 0 Å². The third-order valence-corrected chi connectivity index (χ3v) is 4.65. The largest absolute Gasteiger partial charge is 0.496 e. The molecular weight excluding hydrogens is 328 g/mol. The second kappa shape index (κ2) is 7.46. The van der Waals surface area contributed by atoms with E-state index in [2.05, 4.69) is 37.9 Å². The van der Waals surface area contributed by atoms with Crippen LogP contribution in [0.4, 0.5) is 0 Å². The van der Waals surface area contributed by atoms with E-state index in [0.29, 0.717) is 6.04 Å². The number of methoxy groups -OCH3 is 1. The van der Waals surface area contributed by atoms with Gasteiger partial charge in [-0.2, -0.15) is 0 Å². The molecule has 1 aromatic carbocycles. The van der Waals surface area contributed by atoms with Crippen molar-refractivity contribution < 1.29 is 4.74 Å². The first-order valence-corrected chi connectivity index (χ1v) is 8.21. The first kappa shape index (κ1) is 17.1. The van der Waals surface area contributed by atoms with E-state index in [4.69, 9.17) is 4.74 Å². The van der Waals surface area contributed by atoms with Crippen LogP contribution in [-0.4, -0.2) is 51.9 Å². The maximum absolute atomic E-state index is 5.55. The number of para-hydroxylation sites is 1. The summed E-state index contributed by atoms with van der Waals surface area (Å²) in [5, 5.41) is 15.8. The van der Waals surface area contributed by atoms with Crippen LogP contribution in [0, 0.1) is 0 Å². The summed E-state index contributed by atoms with van der Waals surface area (Å²) < 4.78 is 7.56. The molecule has 1 atom stereocenters. The number of nitrogens with zero attached hydrogens (tertiary/aromatic N) is 5. The van der Waals surface area contributed by atoms with Crippen molar-refractivity contribution in [2.75, 3.05) is 26.7 Å². The van der Waals surface area contributed by atoms with Crippen molar-refractivity contribution >= 4 is 12.4 Å². The minimum atomic E-state index is 0. The van der Waals surface area contributed by atoms with Crippen molar-refractivity contribution in [1.82, 2.24) is 30.4 Å². The number of aromatic nitrogens is 4. The Bertz CT molecular complexity index is 674. The Morgan fingerprint density at radius 2 is 2.12 bits per heavy atom. The lowest BCUT2D eigenvalue weighted by molar-refractivity contribution is 0.144. The molecule has 1 unspecified atom stereocenters. The number of piperazine rings is 1. The summed E-state index contributed by atoms with van der Waals surface area (Å²) in [7, 11) is 1.73. The molecule has 1 aliphatic heterocycles. The minimum Gasteiger partial charge on any atom is -0.496 e. The zero-order chi connectivity index (χ0) is 15.6. The van der Waals surface area contributed by atoms with Crippen LogP contribution in [-0.2, 0) is 6.54 Å². The van der Waals surface area contributed by atoms with Crippen molar-refractivity contribution in [3.63, 3.8) is 0 Å². The number of hydrogen-bond acceptors (Lipinski definition) is 6. The molecule has 2 aliphatic rings. The zero-order valence-corrected chi connectivity index (χ0v) is 14.6. The van der Waals surface area contributed by atoms with Crippen LogP contribution >= 0.6 is 12.4 Å². The SMILES string of the molecule is COc1ccccc1C1CNCCN1Cc1nnnn1C1CC1.Cl. The molecule has 1 saturated carbocycles. The molecule has 2 heterocycles.